The van der Waals surface area contributed by atoms with Gasteiger partial charge in [0.25, 0.3) is 0 Å². The number of carbonyl (C=O) groups is 1. The normalized spacial score (nSPS) is 11.7. The molecule has 8 heteroatoms. The first-order chi connectivity index (χ1) is 19.3. The third-order valence-electron chi connectivity index (χ3n) is 6.62. The fraction of sp³-hybridized carbons (Fsp3) is 0.188. The zero-order valence-electron chi connectivity index (χ0n) is 23.0. The molecule has 0 radical (unpaired) electrons. The van der Waals surface area contributed by atoms with E-state index >= 15 is 0 Å². The van der Waals surface area contributed by atoms with E-state index in [0.717, 1.165) is 33.3 Å². The predicted molar refractivity (Wildman–Crippen MR) is 162 cm³/mol. The van der Waals surface area contributed by atoms with Crippen LogP contribution in [0.1, 0.15) is 38.3 Å². The van der Waals surface area contributed by atoms with Gasteiger partial charge in [-0.05, 0) is 49.7 Å². The lowest BCUT2D eigenvalue weighted by Gasteiger charge is -2.16. The lowest BCUT2D eigenvalue weighted by molar-refractivity contribution is -0.118. The minimum atomic E-state index is 0.0346. The van der Waals surface area contributed by atoms with Crippen LogP contribution in [0.4, 0.5) is 17.3 Å². The average Bonchev–Trinajstić information content (AvgIpc) is 3.30. The van der Waals surface area contributed by atoms with Crippen LogP contribution in [0.3, 0.4) is 0 Å². The molecule has 0 atom stereocenters. The summed E-state index contributed by atoms with van der Waals surface area (Å²) >= 11 is 0. The van der Waals surface area contributed by atoms with Crippen molar-refractivity contribution in [2.24, 2.45) is 4.99 Å². The average molecular weight is 533 g/mol. The van der Waals surface area contributed by atoms with Gasteiger partial charge in [-0.2, -0.15) is 0 Å². The maximum atomic E-state index is 12.1. The molecule has 0 fully saturated rings. The van der Waals surface area contributed by atoms with Crippen molar-refractivity contribution < 1.29 is 9.90 Å². The van der Waals surface area contributed by atoms with Gasteiger partial charge in [0.05, 0.1) is 17.0 Å². The number of aliphatic imine (C=N–C) groups is 1. The fourth-order valence-electron chi connectivity index (χ4n) is 4.53. The molecule has 0 aliphatic heterocycles. The zero-order valence-corrected chi connectivity index (χ0v) is 23.0. The van der Waals surface area contributed by atoms with Crippen molar-refractivity contribution in [2.45, 2.75) is 33.2 Å². The predicted octanol–water partition coefficient (Wildman–Crippen LogP) is 6.69. The first-order valence-corrected chi connectivity index (χ1v) is 13.3. The molecule has 2 aromatic heterocycles. The van der Waals surface area contributed by atoms with Crippen LogP contribution in [0.2, 0.25) is 0 Å². The number of aromatic hydroxyl groups is 1. The molecular weight excluding hydrogens is 500 g/mol. The number of benzene rings is 3. The summed E-state index contributed by atoms with van der Waals surface area (Å²) in [7, 11) is 1.76. The Morgan fingerprint density at radius 1 is 1.00 bits per heavy atom. The van der Waals surface area contributed by atoms with Gasteiger partial charge in [-0.25, -0.2) is 15.0 Å². The lowest BCUT2D eigenvalue weighted by atomic mass is 9.99. The summed E-state index contributed by atoms with van der Waals surface area (Å²) in [6, 6.07) is 23.5. The molecule has 1 amide bonds. The van der Waals surface area contributed by atoms with Gasteiger partial charge in [0.2, 0.25) is 11.9 Å². The van der Waals surface area contributed by atoms with Gasteiger partial charge in [0, 0.05) is 59.6 Å². The Hall–Kier alpha value is -4.98. The number of aromatic amines is 1. The number of fused-ring (bicyclic) bond motifs is 1. The molecule has 0 bridgehead atoms. The van der Waals surface area contributed by atoms with Crippen molar-refractivity contribution in [1.29, 1.82) is 0 Å². The Morgan fingerprint density at radius 3 is 2.35 bits per heavy atom. The highest BCUT2D eigenvalue weighted by atomic mass is 16.3. The zero-order chi connectivity index (χ0) is 28.2. The molecule has 0 aliphatic rings. The number of H-pyrrole nitrogens is 1. The monoisotopic (exact) mass is 532 g/mol. The van der Waals surface area contributed by atoms with Crippen molar-refractivity contribution >= 4 is 39.8 Å². The third-order valence-corrected chi connectivity index (χ3v) is 6.62. The van der Waals surface area contributed by atoms with Crippen molar-refractivity contribution in [1.82, 2.24) is 15.0 Å². The number of aromatic nitrogens is 3. The van der Waals surface area contributed by atoms with Crippen LogP contribution < -0.4 is 10.2 Å². The summed E-state index contributed by atoms with van der Waals surface area (Å²) in [6.07, 6.45) is 4.01. The van der Waals surface area contributed by atoms with E-state index in [2.05, 4.69) is 20.3 Å². The first kappa shape index (κ1) is 26.6. The maximum Gasteiger partial charge on any atom is 0.226 e. The lowest BCUT2D eigenvalue weighted by Crippen LogP contribution is -2.24. The Kier molecular flexibility index (Phi) is 7.59. The van der Waals surface area contributed by atoms with Gasteiger partial charge in [-0.3, -0.25) is 4.79 Å². The van der Waals surface area contributed by atoms with Gasteiger partial charge in [0.15, 0.2) is 5.88 Å². The summed E-state index contributed by atoms with van der Waals surface area (Å²) in [5.41, 5.74) is 6.19. The Morgan fingerprint density at radius 2 is 1.70 bits per heavy atom. The quantitative estimate of drug-likeness (QED) is 0.193. The highest BCUT2D eigenvalue weighted by Gasteiger charge is 2.19. The van der Waals surface area contributed by atoms with Gasteiger partial charge in [-0.15, -0.1) is 0 Å². The molecule has 8 nitrogen and oxygen atoms in total. The fourth-order valence-corrected chi connectivity index (χ4v) is 4.53. The molecule has 3 aromatic carbocycles. The van der Waals surface area contributed by atoms with Gasteiger partial charge in [0.1, 0.15) is 0 Å². The van der Waals surface area contributed by atoms with E-state index in [1.807, 2.05) is 93.6 Å². The number of rotatable bonds is 8. The van der Waals surface area contributed by atoms with Gasteiger partial charge in [-0.1, -0.05) is 49.4 Å². The van der Waals surface area contributed by atoms with Crippen LogP contribution in [0.5, 0.6) is 5.88 Å². The third kappa shape index (κ3) is 5.56. The number of hydrogen-bond acceptors (Lipinski definition) is 6. The summed E-state index contributed by atoms with van der Waals surface area (Å²) in [4.78, 5) is 30.7. The summed E-state index contributed by atoms with van der Waals surface area (Å²) < 4.78 is 0. The van der Waals surface area contributed by atoms with Crippen molar-refractivity contribution in [3.8, 4) is 17.0 Å². The number of carbonyl (C=O) groups excluding carboxylic acids is 1. The van der Waals surface area contributed by atoms with E-state index in [4.69, 9.17) is 4.99 Å². The van der Waals surface area contributed by atoms with E-state index in [0.29, 0.717) is 29.3 Å². The molecular formula is C32H32N6O2. The molecule has 40 heavy (non-hydrogen) atoms. The smallest absolute Gasteiger partial charge is 0.226 e. The summed E-state index contributed by atoms with van der Waals surface area (Å²) in [6.45, 7) is 5.92. The second-order valence-electron chi connectivity index (χ2n) is 9.85. The van der Waals surface area contributed by atoms with Crippen molar-refractivity contribution in [3.05, 3.63) is 96.3 Å². The van der Waals surface area contributed by atoms with E-state index in [1.165, 1.54) is 0 Å². The largest absolute Gasteiger partial charge is 0.494 e. The maximum absolute atomic E-state index is 12.1. The molecule has 5 rings (SSSR count). The van der Waals surface area contributed by atoms with Crippen molar-refractivity contribution in [3.63, 3.8) is 0 Å². The molecule has 0 saturated heterocycles. The molecule has 202 valence electrons. The number of hydrogen-bond donors (Lipinski definition) is 3. The SMILES string of the molecule is CCC(=O)N(C)c1ccc(N=C(c2ccccc2)c2c(O)[nH]c3cc(-c4cnc(NC(C)C)nc4)ccc23)cc1. The molecule has 2 heterocycles. The summed E-state index contributed by atoms with van der Waals surface area (Å²) in [5.74, 6) is 0.659. The van der Waals surface area contributed by atoms with Crippen LogP contribution in [0.15, 0.2) is 90.2 Å². The Bertz CT molecular complexity index is 1660. The van der Waals surface area contributed by atoms with Crippen LogP contribution in [-0.4, -0.2) is 44.8 Å². The van der Waals surface area contributed by atoms with Crippen LogP contribution in [0, 0.1) is 0 Å². The summed E-state index contributed by atoms with van der Waals surface area (Å²) in [5, 5.41) is 15.2. The molecule has 5 aromatic rings. The first-order valence-electron chi connectivity index (χ1n) is 13.3. The second kappa shape index (κ2) is 11.4. The highest BCUT2D eigenvalue weighted by molar-refractivity contribution is 6.22. The number of anilines is 2. The number of amides is 1. The molecule has 0 saturated carbocycles. The van der Waals surface area contributed by atoms with Gasteiger partial charge >= 0.3 is 0 Å². The van der Waals surface area contributed by atoms with E-state index in [9.17, 15) is 9.90 Å². The molecule has 0 aliphatic carbocycles. The molecule has 0 spiro atoms. The standard InChI is InChI=1S/C32H32N6O2/c1-5-28(39)38(4)25-14-12-24(13-15-25)36-30(21-9-7-6-8-10-21)29-26-16-11-22(17-27(26)37-31(29)40)23-18-33-32(34-19-23)35-20(2)3/h6-20,37,40H,5H2,1-4H3,(H,33,34,35). The highest BCUT2D eigenvalue weighted by Crippen LogP contribution is 2.34. The van der Waals surface area contributed by atoms with E-state index < -0.39 is 0 Å². The van der Waals surface area contributed by atoms with Crippen molar-refractivity contribution in [2.75, 3.05) is 17.3 Å². The van der Waals surface area contributed by atoms with E-state index in [-0.39, 0.29) is 17.8 Å². The van der Waals surface area contributed by atoms with Crippen LogP contribution >= 0.6 is 0 Å². The number of nitrogens with zero attached hydrogens (tertiary/aromatic N) is 4. The Balaban J connectivity index is 1.55. The minimum Gasteiger partial charge on any atom is -0.494 e. The molecule has 3 N–H and O–H groups in total. The van der Waals surface area contributed by atoms with Crippen LogP contribution in [0.25, 0.3) is 22.0 Å². The second-order valence-corrected chi connectivity index (χ2v) is 9.85. The Labute approximate surface area is 233 Å². The van der Waals surface area contributed by atoms with Crippen LogP contribution in [-0.2, 0) is 4.79 Å². The number of nitrogens with one attached hydrogen (secondary N) is 2. The topological polar surface area (TPSA) is 106 Å². The minimum absolute atomic E-state index is 0.0346. The van der Waals surface area contributed by atoms with Gasteiger partial charge < -0.3 is 20.3 Å². The molecule has 0 unspecified atom stereocenters. The van der Waals surface area contributed by atoms with E-state index in [1.54, 1.807) is 24.3 Å².